The zero-order valence-electron chi connectivity index (χ0n) is 13.1. The van der Waals surface area contributed by atoms with Gasteiger partial charge in [-0.25, -0.2) is 4.79 Å². The maximum Gasteiger partial charge on any atom is 0.333 e. The summed E-state index contributed by atoms with van der Waals surface area (Å²) in [5, 5.41) is 10.6. The second kappa shape index (κ2) is 5.37. The molecule has 4 saturated carbocycles. The molecule has 1 N–H and O–H groups in total. The molecular weight excluding hydrogens is 284 g/mol. The molecule has 0 radical (unpaired) electrons. The molecule has 0 aliphatic heterocycles. The van der Waals surface area contributed by atoms with Crippen LogP contribution in [0.2, 0.25) is 0 Å². The molecule has 0 spiro atoms. The Kier molecular flexibility index (Phi) is 3.79. The van der Waals surface area contributed by atoms with Gasteiger partial charge in [0.15, 0.2) is 0 Å². The molecule has 4 bridgehead atoms. The summed E-state index contributed by atoms with van der Waals surface area (Å²) in [5.41, 5.74) is -0.859. The highest BCUT2D eigenvalue weighted by Crippen LogP contribution is 2.61. The normalized spacial score (nSPS) is 38.6. The van der Waals surface area contributed by atoms with Crippen molar-refractivity contribution in [2.45, 2.75) is 51.0 Å². The number of carbonyl (C=O) groups excluding carboxylic acids is 2. The van der Waals surface area contributed by atoms with Gasteiger partial charge >= 0.3 is 11.9 Å². The molecule has 5 nitrogen and oxygen atoms in total. The molecule has 5 heteroatoms. The van der Waals surface area contributed by atoms with E-state index in [4.69, 9.17) is 9.47 Å². The van der Waals surface area contributed by atoms with E-state index in [2.05, 4.69) is 6.58 Å². The Morgan fingerprint density at radius 1 is 1.14 bits per heavy atom. The molecule has 2 atom stereocenters. The molecule has 4 fully saturated rings. The van der Waals surface area contributed by atoms with Crippen LogP contribution in [-0.2, 0) is 19.1 Å². The predicted molar refractivity (Wildman–Crippen MR) is 78.8 cm³/mol. The van der Waals surface area contributed by atoms with Crippen LogP contribution in [0.25, 0.3) is 0 Å². The second-order valence-electron chi connectivity index (χ2n) is 7.52. The first-order valence-electron chi connectivity index (χ1n) is 8.04. The van der Waals surface area contributed by atoms with Gasteiger partial charge in [0.05, 0.1) is 11.0 Å². The first kappa shape index (κ1) is 15.5. The van der Waals surface area contributed by atoms with Crippen LogP contribution >= 0.6 is 0 Å². The molecule has 0 aromatic heterocycles. The summed E-state index contributed by atoms with van der Waals surface area (Å²) in [6.45, 7) is 5.18. The van der Waals surface area contributed by atoms with Gasteiger partial charge in [-0.2, -0.15) is 0 Å². The Balaban J connectivity index is 1.54. The summed E-state index contributed by atoms with van der Waals surface area (Å²) in [6.07, 6.45) is 4.97. The van der Waals surface area contributed by atoms with Gasteiger partial charge in [0.2, 0.25) is 0 Å². The summed E-state index contributed by atoms with van der Waals surface area (Å²) in [4.78, 5) is 23.8. The third kappa shape index (κ3) is 2.78. The van der Waals surface area contributed by atoms with E-state index in [1.807, 2.05) is 0 Å². The molecule has 22 heavy (non-hydrogen) atoms. The summed E-state index contributed by atoms with van der Waals surface area (Å²) >= 11 is 0. The zero-order chi connectivity index (χ0) is 16.0. The molecular formula is C17H24O5. The second-order valence-corrected chi connectivity index (χ2v) is 7.52. The van der Waals surface area contributed by atoms with Gasteiger partial charge in [0.25, 0.3) is 0 Å². The van der Waals surface area contributed by atoms with Crippen molar-refractivity contribution < 1.29 is 24.2 Å². The largest absolute Gasteiger partial charge is 0.462 e. The Hall–Kier alpha value is -1.36. The number of hydrogen-bond acceptors (Lipinski definition) is 5. The highest BCUT2D eigenvalue weighted by molar-refractivity contribution is 5.86. The van der Waals surface area contributed by atoms with Gasteiger partial charge in [-0.3, -0.25) is 4.79 Å². The number of carbonyl (C=O) groups is 2. The fourth-order valence-corrected chi connectivity index (χ4v) is 5.00. The van der Waals surface area contributed by atoms with Crippen LogP contribution in [0, 0.1) is 17.3 Å². The monoisotopic (exact) mass is 308 g/mol. The van der Waals surface area contributed by atoms with Gasteiger partial charge in [-0.1, -0.05) is 6.58 Å². The van der Waals surface area contributed by atoms with E-state index < -0.39 is 17.0 Å². The lowest BCUT2D eigenvalue weighted by atomic mass is 9.48. The summed E-state index contributed by atoms with van der Waals surface area (Å²) in [5.74, 6) is 0.187. The van der Waals surface area contributed by atoms with Crippen molar-refractivity contribution in [2.24, 2.45) is 17.3 Å². The highest BCUT2D eigenvalue weighted by Gasteiger charge is 2.60. The van der Waals surface area contributed by atoms with E-state index in [9.17, 15) is 14.7 Å². The van der Waals surface area contributed by atoms with Crippen molar-refractivity contribution in [3.63, 3.8) is 0 Å². The molecule has 0 aromatic rings. The van der Waals surface area contributed by atoms with Gasteiger partial charge in [0, 0.05) is 5.57 Å². The third-order valence-corrected chi connectivity index (χ3v) is 5.36. The van der Waals surface area contributed by atoms with Crippen LogP contribution in [-0.4, -0.2) is 35.9 Å². The molecule has 4 rings (SSSR count). The van der Waals surface area contributed by atoms with E-state index in [1.54, 1.807) is 6.92 Å². The summed E-state index contributed by atoms with van der Waals surface area (Å²) in [7, 11) is 0. The van der Waals surface area contributed by atoms with E-state index in [0.717, 1.165) is 32.1 Å². The van der Waals surface area contributed by atoms with Crippen molar-refractivity contribution in [2.75, 3.05) is 13.2 Å². The highest BCUT2D eigenvalue weighted by atomic mass is 16.6. The Morgan fingerprint density at radius 3 is 2.27 bits per heavy atom. The first-order chi connectivity index (χ1) is 10.3. The van der Waals surface area contributed by atoms with Gasteiger partial charge < -0.3 is 14.6 Å². The smallest absolute Gasteiger partial charge is 0.333 e. The first-order valence-corrected chi connectivity index (χ1v) is 8.04. The average molecular weight is 308 g/mol. The lowest BCUT2D eigenvalue weighted by Gasteiger charge is -2.58. The third-order valence-electron chi connectivity index (χ3n) is 5.36. The molecule has 2 unspecified atom stereocenters. The lowest BCUT2D eigenvalue weighted by Crippen LogP contribution is -2.58. The molecule has 122 valence electrons. The van der Waals surface area contributed by atoms with Crippen LogP contribution in [0.3, 0.4) is 0 Å². The minimum Gasteiger partial charge on any atom is -0.462 e. The van der Waals surface area contributed by atoms with E-state index in [0.29, 0.717) is 23.8 Å². The molecule has 0 heterocycles. The topological polar surface area (TPSA) is 72.8 Å². The van der Waals surface area contributed by atoms with Crippen LogP contribution in [0.4, 0.5) is 0 Å². The average Bonchev–Trinajstić information content (AvgIpc) is 2.40. The number of ether oxygens (including phenoxy) is 2. The maximum absolute atomic E-state index is 12.5. The Morgan fingerprint density at radius 2 is 1.73 bits per heavy atom. The van der Waals surface area contributed by atoms with Gasteiger partial charge in [-0.15, -0.1) is 0 Å². The fourth-order valence-electron chi connectivity index (χ4n) is 5.00. The van der Waals surface area contributed by atoms with E-state index in [-0.39, 0.29) is 19.2 Å². The fraction of sp³-hybridized carbons (Fsp3) is 0.765. The maximum atomic E-state index is 12.5. The van der Waals surface area contributed by atoms with Crippen LogP contribution in [0.5, 0.6) is 0 Å². The van der Waals surface area contributed by atoms with Gasteiger partial charge in [-0.05, 0) is 57.3 Å². The van der Waals surface area contributed by atoms with E-state index in [1.165, 1.54) is 0 Å². The minimum absolute atomic E-state index is 0.0463. The lowest BCUT2D eigenvalue weighted by molar-refractivity contribution is -0.197. The zero-order valence-corrected chi connectivity index (χ0v) is 13.1. The molecule has 0 aromatic carbocycles. The quantitative estimate of drug-likeness (QED) is 0.477. The van der Waals surface area contributed by atoms with Crippen molar-refractivity contribution in [3.8, 4) is 0 Å². The van der Waals surface area contributed by atoms with Crippen molar-refractivity contribution in [1.29, 1.82) is 0 Å². The number of aliphatic hydroxyl groups is 1. The Bertz CT molecular complexity index is 495. The van der Waals surface area contributed by atoms with E-state index >= 15 is 0 Å². The molecule has 4 aliphatic rings. The summed E-state index contributed by atoms with van der Waals surface area (Å²) in [6, 6.07) is 0. The number of hydrogen-bond donors (Lipinski definition) is 1. The number of rotatable bonds is 5. The van der Waals surface area contributed by atoms with Crippen molar-refractivity contribution in [1.82, 2.24) is 0 Å². The molecule has 0 amide bonds. The van der Waals surface area contributed by atoms with Gasteiger partial charge in [0.1, 0.15) is 13.2 Å². The standard InChI is InChI=1S/C17H24O5/c1-11(2)14(18)21-3-4-22-15(19)16-6-12-5-13(7-16)9-17(20,8-12)10-16/h12-13,20H,1,3-10H2,2H3. The molecule has 0 saturated heterocycles. The predicted octanol–water partition coefficient (Wildman–Crippen LogP) is 1.98. The molecule has 4 aliphatic carbocycles. The van der Waals surface area contributed by atoms with Crippen LogP contribution in [0.15, 0.2) is 12.2 Å². The van der Waals surface area contributed by atoms with Crippen LogP contribution < -0.4 is 0 Å². The SMILES string of the molecule is C=C(C)C(=O)OCCOC(=O)C12CC3CC(CC(O)(C3)C1)C2. The van der Waals surface area contributed by atoms with Crippen LogP contribution in [0.1, 0.15) is 45.4 Å². The number of esters is 2. The summed E-state index contributed by atoms with van der Waals surface area (Å²) < 4.78 is 10.3. The minimum atomic E-state index is -0.671. The van der Waals surface area contributed by atoms with Crippen molar-refractivity contribution in [3.05, 3.63) is 12.2 Å². The van der Waals surface area contributed by atoms with Crippen molar-refractivity contribution >= 4 is 11.9 Å². The Labute approximate surface area is 130 Å².